The molecule has 0 aromatic heterocycles. The molecule has 352 valence electrons. The molecule has 1 atom stereocenters. The van der Waals surface area contributed by atoms with Gasteiger partial charge in [0.1, 0.15) is 29.9 Å². The number of ether oxygens (including phenoxy) is 6. The summed E-state index contributed by atoms with van der Waals surface area (Å²) in [6.45, 7) is 7.53. The molecule has 1 unspecified atom stereocenters. The molecule has 2 heterocycles. The van der Waals surface area contributed by atoms with Gasteiger partial charge in [0, 0.05) is 42.7 Å². The number of phenols is 2. The number of hydrogen-bond donors (Lipinski definition) is 5. The Labute approximate surface area is 385 Å². The fraction of sp³-hybridized carbons (Fsp3) is 0.400. The number of benzene rings is 4. The molecule has 4 amide bonds. The number of nitrogens with one attached hydrogen (secondary N) is 3. The molecule has 16 heteroatoms. The van der Waals surface area contributed by atoms with Crippen LogP contribution in [0, 0.1) is 0 Å². The number of allylic oxidation sites excluding steroid dienone is 1. The molecule has 0 radical (unpaired) electrons. The van der Waals surface area contributed by atoms with E-state index in [4.69, 9.17) is 28.4 Å². The van der Waals surface area contributed by atoms with Gasteiger partial charge in [0.25, 0.3) is 5.91 Å². The standard InChI is InChI=1S/C50H60N4O12/c1-2-41(35-6-12-38(55)13-7-35)48(36-8-14-39(56)15-9-36)37-10-16-40(17-11-37)66-25-22-52-46(57)20-23-61-26-28-63-30-32-65-33-31-64-29-27-62-24-21-51-44-5-3-4-42-43(44)34-54(50(42)60)45-18-19-47(58)53-49(45)59/h3-17,45,51,55-56H,2,18-34H2,1H3,(H,52,57)(H,53,58,59). The zero-order chi connectivity index (χ0) is 46.5. The Morgan fingerprint density at radius 3 is 1.83 bits per heavy atom. The summed E-state index contributed by atoms with van der Waals surface area (Å²) < 4.78 is 33.7. The third-order valence-corrected chi connectivity index (χ3v) is 11.0. The van der Waals surface area contributed by atoms with Gasteiger partial charge in [0.2, 0.25) is 17.7 Å². The Bertz CT molecular complexity index is 2230. The number of rotatable bonds is 28. The van der Waals surface area contributed by atoms with Crippen LogP contribution in [0.4, 0.5) is 5.69 Å². The van der Waals surface area contributed by atoms with Crippen molar-refractivity contribution >= 4 is 40.5 Å². The highest BCUT2D eigenvalue weighted by Gasteiger charge is 2.39. The molecule has 0 saturated carbocycles. The maximum absolute atomic E-state index is 13.0. The maximum Gasteiger partial charge on any atom is 0.255 e. The SMILES string of the molecule is CCC(=C(c1ccc(O)cc1)c1ccc(OCCNC(=O)CCOCCOCCOCCOCCOCCNc2cccc3c2CN(C2CCC(=O)NC2=O)C3=O)cc1)c1ccc(O)cc1. The van der Waals surface area contributed by atoms with Crippen molar-refractivity contribution in [2.24, 2.45) is 0 Å². The third kappa shape index (κ3) is 14.6. The normalized spacial score (nSPS) is 15.0. The highest BCUT2D eigenvalue weighted by Crippen LogP contribution is 2.36. The number of amides is 4. The van der Waals surface area contributed by atoms with Crippen molar-refractivity contribution in [3.05, 3.63) is 119 Å². The average molecular weight is 909 g/mol. The van der Waals surface area contributed by atoms with E-state index in [-0.39, 0.29) is 48.7 Å². The lowest BCUT2D eigenvalue weighted by Gasteiger charge is -2.29. The van der Waals surface area contributed by atoms with Crippen LogP contribution in [-0.4, -0.2) is 131 Å². The first kappa shape index (κ1) is 49.1. The summed E-state index contributed by atoms with van der Waals surface area (Å²) in [4.78, 5) is 50.7. The number of nitrogens with zero attached hydrogens (tertiary/aromatic N) is 1. The van der Waals surface area contributed by atoms with E-state index >= 15 is 0 Å². The van der Waals surface area contributed by atoms with Crippen molar-refractivity contribution in [1.29, 1.82) is 0 Å². The average Bonchev–Trinajstić information content (AvgIpc) is 3.66. The van der Waals surface area contributed by atoms with Crippen LogP contribution < -0.4 is 20.7 Å². The number of anilines is 1. The molecule has 4 aromatic rings. The van der Waals surface area contributed by atoms with Crippen LogP contribution >= 0.6 is 0 Å². The van der Waals surface area contributed by atoms with Crippen molar-refractivity contribution in [3.8, 4) is 17.2 Å². The number of phenolic OH excluding ortho intramolecular Hbond substituents is 2. The van der Waals surface area contributed by atoms with Gasteiger partial charge < -0.3 is 54.2 Å². The van der Waals surface area contributed by atoms with Crippen LogP contribution in [0.25, 0.3) is 11.1 Å². The quantitative estimate of drug-likeness (QED) is 0.0279. The third-order valence-electron chi connectivity index (χ3n) is 11.0. The Balaban J connectivity index is 0.734. The van der Waals surface area contributed by atoms with Gasteiger partial charge in [-0.15, -0.1) is 0 Å². The first-order chi connectivity index (χ1) is 32.2. The summed E-state index contributed by atoms with van der Waals surface area (Å²) in [5.41, 5.74) is 7.25. The highest BCUT2D eigenvalue weighted by atomic mass is 16.6. The van der Waals surface area contributed by atoms with Crippen LogP contribution in [0.1, 0.15) is 65.2 Å². The van der Waals surface area contributed by atoms with Crippen LogP contribution in [0.5, 0.6) is 17.2 Å². The summed E-state index contributed by atoms with van der Waals surface area (Å²) >= 11 is 0. The topological polar surface area (TPSA) is 203 Å². The zero-order valence-corrected chi connectivity index (χ0v) is 37.4. The molecule has 4 aromatic carbocycles. The van der Waals surface area contributed by atoms with Gasteiger partial charge in [-0.25, -0.2) is 0 Å². The molecule has 2 aliphatic rings. The predicted octanol–water partition coefficient (Wildman–Crippen LogP) is 5.31. The molecule has 0 bridgehead atoms. The van der Waals surface area contributed by atoms with E-state index in [0.717, 1.165) is 45.5 Å². The smallest absolute Gasteiger partial charge is 0.255 e. The minimum Gasteiger partial charge on any atom is -0.508 e. The maximum atomic E-state index is 13.0. The molecule has 2 aliphatic heterocycles. The number of imide groups is 1. The first-order valence-corrected chi connectivity index (χ1v) is 22.4. The van der Waals surface area contributed by atoms with Crippen molar-refractivity contribution in [1.82, 2.24) is 15.5 Å². The lowest BCUT2D eigenvalue weighted by Crippen LogP contribution is -2.52. The monoisotopic (exact) mass is 908 g/mol. The van der Waals surface area contributed by atoms with E-state index in [0.29, 0.717) is 103 Å². The molecule has 0 aliphatic carbocycles. The van der Waals surface area contributed by atoms with E-state index in [1.54, 1.807) is 36.4 Å². The van der Waals surface area contributed by atoms with Crippen molar-refractivity contribution in [2.75, 3.05) is 91.1 Å². The van der Waals surface area contributed by atoms with Crippen molar-refractivity contribution in [2.45, 2.75) is 45.2 Å². The molecule has 5 N–H and O–H groups in total. The molecule has 16 nitrogen and oxygen atoms in total. The molecular formula is C50H60N4O12. The fourth-order valence-electron chi connectivity index (χ4n) is 7.65. The summed E-state index contributed by atoms with van der Waals surface area (Å²) in [5.74, 6) is -0.0151. The van der Waals surface area contributed by atoms with Crippen LogP contribution in [-0.2, 0) is 44.6 Å². The Hall–Kier alpha value is -6.30. The minimum atomic E-state index is -0.652. The molecule has 1 saturated heterocycles. The largest absolute Gasteiger partial charge is 0.508 e. The molecule has 66 heavy (non-hydrogen) atoms. The molecule has 1 fully saturated rings. The van der Waals surface area contributed by atoms with Gasteiger partial charge >= 0.3 is 0 Å². The second-order valence-electron chi connectivity index (χ2n) is 15.5. The zero-order valence-electron chi connectivity index (χ0n) is 37.4. The fourth-order valence-corrected chi connectivity index (χ4v) is 7.65. The second-order valence-corrected chi connectivity index (χ2v) is 15.5. The summed E-state index contributed by atoms with van der Waals surface area (Å²) in [6, 6.07) is 26.9. The Morgan fingerprint density at radius 2 is 1.24 bits per heavy atom. The number of carbonyl (C=O) groups is 4. The minimum absolute atomic E-state index is 0.132. The number of fused-ring (bicyclic) bond motifs is 1. The molecule has 6 rings (SSSR count). The van der Waals surface area contributed by atoms with E-state index in [1.165, 1.54) is 4.90 Å². The number of piperidine rings is 1. The van der Waals surface area contributed by atoms with E-state index in [2.05, 4.69) is 22.9 Å². The van der Waals surface area contributed by atoms with E-state index in [1.807, 2.05) is 54.6 Å². The van der Waals surface area contributed by atoms with Gasteiger partial charge in [-0.2, -0.15) is 0 Å². The van der Waals surface area contributed by atoms with E-state index < -0.39 is 11.9 Å². The Kier molecular flexibility index (Phi) is 19.4. The second kappa shape index (κ2) is 26.0. The summed E-state index contributed by atoms with van der Waals surface area (Å²) in [6.07, 6.45) is 1.51. The molecular weight excluding hydrogens is 849 g/mol. The highest BCUT2D eigenvalue weighted by molar-refractivity contribution is 6.06. The van der Waals surface area contributed by atoms with Crippen LogP contribution in [0.15, 0.2) is 91.0 Å². The Morgan fingerprint density at radius 1 is 0.682 bits per heavy atom. The number of carbonyl (C=O) groups excluding carboxylic acids is 4. The van der Waals surface area contributed by atoms with E-state index in [9.17, 15) is 29.4 Å². The predicted molar refractivity (Wildman–Crippen MR) is 247 cm³/mol. The van der Waals surface area contributed by atoms with Gasteiger partial charge in [0.15, 0.2) is 0 Å². The van der Waals surface area contributed by atoms with Crippen LogP contribution in [0.3, 0.4) is 0 Å². The van der Waals surface area contributed by atoms with Crippen molar-refractivity contribution < 1.29 is 57.8 Å². The van der Waals surface area contributed by atoms with Crippen LogP contribution in [0.2, 0.25) is 0 Å². The van der Waals surface area contributed by atoms with Gasteiger partial charge in [-0.05, 0) is 89.2 Å². The number of hydrogen-bond acceptors (Lipinski definition) is 13. The summed E-state index contributed by atoms with van der Waals surface area (Å²) in [5, 5.41) is 28.2. The van der Waals surface area contributed by atoms with Gasteiger partial charge in [-0.3, -0.25) is 24.5 Å². The van der Waals surface area contributed by atoms with Crippen molar-refractivity contribution in [3.63, 3.8) is 0 Å². The lowest BCUT2D eigenvalue weighted by molar-refractivity contribution is -0.137. The number of aromatic hydroxyl groups is 2. The van der Waals surface area contributed by atoms with Gasteiger partial charge in [-0.1, -0.05) is 49.4 Å². The van der Waals surface area contributed by atoms with Gasteiger partial charge in [0.05, 0.1) is 72.6 Å². The summed E-state index contributed by atoms with van der Waals surface area (Å²) in [7, 11) is 0. The molecule has 0 spiro atoms. The first-order valence-electron chi connectivity index (χ1n) is 22.4. The lowest BCUT2D eigenvalue weighted by atomic mass is 9.88.